The van der Waals surface area contributed by atoms with E-state index in [-0.39, 0.29) is 11.2 Å². The quantitative estimate of drug-likeness (QED) is 0.394. The van der Waals surface area contributed by atoms with Crippen molar-refractivity contribution in [2.24, 2.45) is 5.10 Å². The third-order valence-corrected chi connectivity index (χ3v) is 1.44. The topological polar surface area (TPSA) is 110 Å². The Morgan fingerprint density at radius 2 is 2.40 bits per heavy atom. The summed E-state index contributed by atoms with van der Waals surface area (Å²) < 4.78 is 0.558. The summed E-state index contributed by atoms with van der Waals surface area (Å²) in [5, 5.41) is 23.0. The van der Waals surface area contributed by atoms with E-state index < -0.39 is 10.8 Å². The van der Waals surface area contributed by atoms with E-state index >= 15 is 0 Å². The normalized spacial score (nSPS) is 11.1. The smallest absolute Gasteiger partial charge is 0.274 e. The van der Waals surface area contributed by atoms with Gasteiger partial charge in [-0.25, -0.2) is 5.43 Å². The van der Waals surface area contributed by atoms with Gasteiger partial charge in [0.15, 0.2) is 5.49 Å². The van der Waals surface area contributed by atoms with Crippen molar-refractivity contribution in [3.05, 3.63) is 33.9 Å². The molecule has 1 rings (SSSR count). The summed E-state index contributed by atoms with van der Waals surface area (Å²) in [5.74, 6) is -0.443. The second-order valence-electron chi connectivity index (χ2n) is 2.62. The van der Waals surface area contributed by atoms with Crippen LogP contribution in [0.25, 0.3) is 0 Å². The van der Waals surface area contributed by atoms with Crippen LogP contribution in [0.5, 0.6) is 0 Å². The van der Waals surface area contributed by atoms with Gasteiger partial charge in [0.1, 0.15) is 0 Å². The first-order valence-electron chi connectivity index (χ1n) is 3.87. The fourth-order valence-electron chi connectivity index (χ4n) is 0.803. The maximum Gasteiger partial charge on any atom is 0.274 e. The number of carbonyl (C=O) groups excluding carboxylic acids is 1. The van der Waals surface area contributed by atoms with E-state index in [1.807, 2.05) is 0 Å². The van der Waals surface area contributed by atoms with Crippen molar-refractivity contribution in [3.63, 3.8) is 0 Å². The molecule has 0 aliphatic rings. The van der Waals surface area contributed by atoms with Crippen LogP contribution in [0.1, 0.15) is 6.92 Å². The molecule has 8 heteroatoms. The van der Waals surface area contributed by atoms with Gasteiger partial charge in [-0.1, -0.05) is 0 Å². The van der Waals surface area contributed by atoms with Gasteiger partial charge < -0.3 is 5.21 Å². The minimum Gasteiger partial charge on any atom is -0.427 e. The second kappa shape index (κ2) is 4.22. The van der Waals surface area contributed by atoms with Crippen LogP contribution in [0.4, 0.5) is 5.69 Å². The van der Waals surface area contributed by atoms with Gasteiger partial charge in [0.05, 0.1) is 17.2 Å². The van der Waals surface area contributed by atoms with Gasteiger partial charge in [0.25, 0.3) is 5.69 Å². The van der Waals surface area contributed by atoms with Crippen LogP contribution in [-0.4, -0.2) is 20.8 Å². The average Bonchev–Trinajstić information content (AvgIpc) is 2.16. The average molecular weight is 212 g/mol. The number of pyridine rings is 1. The molecule has 1 aromatic rings. The number of amides is 1. The monoisotopic (exact) mass is 212 g/mol. The van der Waals surface area contributed by atoms with Crippen molar-refractivity contribution < 1.29 is 14.9 Å². The molecule has 0 saturated carbocycles. The Bertz CT molecular complexity index is 464. The van der Waals surface area contributed by atoms with E-state index in [4.69, 9.17) is 0 Å². The van der Waals surface area contributed by atoms with Crippen molar-refractivity contribution in [2.75, 3.05) is 0 Å². The van der Waals surface area contributed by atoms with E-state index in [9.17, 15) is 20.1 Å². The minimum absolute atomic E-state index is 0.139. The predicted octanol–water partition coefficient (Wildman–Crippen LogP) is -0.415. The van der Waals surface area contributed by atoms with Crippen LogP contribution in [-0.2, 0) is 4.79 Å². The SMILES string of the molecule is CC(=O)NN=c1cc([N+](=O)[O-])ccn1O. The first-order chi connectivity index (χ1) is 7.00. The zero-order chi connectivity index (χ0) is 11.4. The lowest BCUT2D eigenvalue weighted by Gasteiger charge is -1.98. The molecule has 0 saturated heterocycles. The third kappa shape index (κ3) is 2.79. The van der Waals surface area contributed by atoms with Gasteiger partial charge in [-0.2, -0.15) is 9.83 Å². The fraction of sp³-hybridized carbons (Fsp3) is 0.143. The van der Waals surface area contributed by atoms with Crippen LogP contribution in [0.15, 0.2) is 23.4 Å². The molecular weight excluding hydrogens is 204 g/mol. The molecule has 80 valence electrons. The van der Waals surface area contributed by atoms with E-state index in [2.05, 4.69) is 10.5 Å². The Morgan fingerprint density at radius 3 is 2.93 bits per heavy atom. The Balaban J connectivity index is 3.16. The summed E-state index contributed by atoms with van der Waals surface area (Å²) in [6.45, 7) is 1.22. The molecule has 0 aliphatic carbocycles. The molecule has 0 unspecified atom stereocenters. The highest BCUT2D eigenvalue weighted by molar-refractivity contribution is 5.72. The largest absolute Gasteiger partial charge is 0.427 e. The van der Waals surface area contributed by atoms with Crippen molar-refractivity contribution in [2.45, 2.75) is 6.92 Å². The lowest BCUT2D eigenvalue weighted by atomic mass is 10.4. The first kappa shape index (κ1) is 10.7. The molecule has 1 aromatic heterocycles. The summed E-state index contributed by atoms with van der Waals surface area (Å²) >= 11 is 0. The zero-order valence-corrected chi connectivity index (χ0v) is 7.75. The summed E-state index contributed by atoms with van der Waals surface area (Å²) in [7, 11) is 0. The third-order valence-electron chi connectivity index (χ3n) is 1.44. The highest BCUT2D eigenvalue weighted by Crippen LogP contribution is 2.03. The fourth-order valence-corrected chi connectivity index (χ4v) is 0.803. The number of hydrogen-bond acceptors (Lipinski definition) is 5. The van der Waals surface area contributed by atoms with Crippen molar-refractivity contribution in [1.82, 2.24) is 10.2 Å². The first-order valence-corrected chi connectivity index (χ1v) is 3.87. The Morgan fingerprint density at radius 1 is 1.73 bits per heavy atom. The molecule has 0 radical (unpaired) electrons. The summed E-state index contributed by atoms with van der Waals surface area (Å²) in [6, 6.07) is 2.13. The Kier molecular flexibility index (Phi) is 3.01. The van der Waals surface area contributed by atoms with Crippen LogP contribution in [0.2, 0.25) is 0 Å². The van der Waals surface area contributed by atoms with Crippen molar-refractivity contribution in [3.8, 4) is 0 Å². The minimum atomic E-state index is -0.632. The van der Waals surface area contributed by atoms with E-state index in [1.165, 1.54) is 6.92 Å². The van der Waals surface area contributed by atoms with Crippen LogP contribution >= 0.6 is 0 Å². The standard InChI is InChI=1S/C7H8N4O4/c1-5(12)8-9-7-4-6(11(14)15)2-3-10(7)13/h2-4,13H,1H3,(H,8,12). The van der Waals surface area contributed by atoms with Crippen LogP contribution in [0, 0.1) is 10.1 Å². The number of nitrogens with one attached hydrogen (secondary N) is 1. The summed E-state index contributed by atoms with van der Waals surface area (Å²) in [4.78, 5) is 20.3. The second-order valence-corrected chi connectivity index (χ2v) is 2.62. The number of aromatic nitrogens is 1. The van der Waals surface area contributed by atoms with Gasteiger partial charge >= 0.3 is 0 Å². The Labute approximate surface area is 83.6 Å². The molecule has 0 bridgehead atoms. The molecular formula is C7H8N4O4. The summed E-state index contributed by atoms with van der Waals surface area (Å²) in [5.41, 5.74) is 1.68. The molecule has 0 fully saturated rings. The van der Waals surface area contributed by atoms with Crippen LogP contribution in [0.3, 0.4) is 0 Å². The lowest BCUT2D eigenvalue weighted by Crippen LogP contribution is -2.24. The number of nitro groups is 1. The van der Waals surface area contributed by atoms with Gasteiger partial charge in [-0.3, -0.25) is 14.9 Å². The molecule has 1 amide bonds. The Hall–Kier alpha value is -2.38. The van der Waals surface area contributed by atoms with Gasteiger partial charge in [-0.15, -0.1) is 0 Å². The maximum atomic E-state index is 10.5. The van der Waals surface area contributed by atoms with E-state index in [0.717, 1.165) is 18.3 Å². The number of rotatable bonds is 2. The molecule has 0 spiro atoms. The molecule has 1 heterocycles. The van der Waals surface area contributed by atoms with E-state index in [0.29, 0.717) is 4.73 Å². The summed E-state index contributed by atoms with van der Waals surface area (Å²) in [6.07, 6.45) is 1.05. The van der Waals surface area contributed by atoms with Gasteiger partial charge in [-0.05, 0) is 0 Å². The van der Waals surface area contributed by atoms with Crippen molar-refractivity contribution >= 4 is 11.6 Å². The molecule has 15 heavy (non-hydrogen) atoms. The molecule has 0 atom stereocenters. The molecule has 0 aromatic carbocycles. The van der Waals surface area contributed by atoms with Crippen molar-refractivity contribution in [1.29, 1.82) is 0 Å². The molecule has 8 nitrogen and oxygen atoms in total. The van der Waals surface area contributed by atoms with Gasteiger partial charge in [0, 0.05) is 13.0 Å². The number of carbonyl (C=O) groups is 1. The molecule has 2 N–H and O–H groups in total. The predicted molar refractivity (Wildman–Crippen MR) is 47.7 cm³/mol. The van der Waals surface area contributed by atoms with E-state index in [1.54, 1.807) is 0 Å². The van der Waals surface area contributed by atoms with Gasteiger partial charge in [0.2, 0.25) is 5.91 Å². The number of nitrogens with zero attached hydrogens (tertiary/aromatic N) is 3. The zero-order valence-electron chi connectivity index (χ0n) is 7.75. The highest BCUT2D eigenvalue weighted by Gasteiger charge is 2.05. The van der Waals surface area contributed by atoms with Crippen LogP contribution < -0.4 is 10.9 Å². The molecule has 0 aliphatic heterocycles. The maximum absolute atomic E-state index is 10.5. The highest BCUT2D eigenvalue weighted by atomic mass is 16.6. The number of hydrogen-bond donors (Lipinski definition) is 2. The lowest BCUT2D eigenvalue weighted by molar-refractivity contribution is -0.385.